The molecule has 5 nitrogen and oxygen atoms in total. The summed E-state index contributed by atoms with van der Waals surface area (Å²) in [6.07, 6.45) is 1.81. The molecule has 3 rings (SSSR count). The highest BCUT2D eigenvalue weighted by atomic mass is 32.1. The summed E-state index contributed by atoms with van der Waals surface area (Å²) in [5.74, 6) is -0.0893. The molecule has 1 aromatic carbocycles. The van der Waals surface area contributed by atoms with Crippen molar-refractivity contribution in [3.8, 4) is 0 Å². The quantitative estimate of drug-likeness (QED) is 0.805. The number of nitrogens with zero attached hydrogens (tertiary/aromatic N) is 3. The smallest absolute Gasteiger partial charge is 0.275 e. The summed E-state index contributed by atoms with van der Waals surface area (Å²) in [5.41, 5.74) is 1.34. The van der Waals surface area contributed by atoms with Crippen molar-refractivity contribution in [1.82, 2.24) is 20.1 Å². The lowest BCUT2D eigenvalue weighted by Gasteiger charge is -2.14. The minimum Gasteiger partial charge on any atom is -0.335 e. The molecule has 0 radical (unpaired) electrons. The van der Waals surface area contributed by atoms with Crippen LogP contribution in [0.1, 0.15) is 20.4 Å². The molecule has 0 spiro atoms. The Morgan fingerprint density at radius 2 is 2.20 bits per heavy atom. The highest BCUT2D eigenvalue weighted by Gasteiger charge is 2.18. The summed E-state index contributed by atoms with van der Waals surface area (Å²) in [6, 6.07) is 7.63. The van der Waals surface area contributed by atoms with Gasteiger partial charge in [-0.3, -0.25) is 9.89 Å². The molecule has 0 aliphatic carbocycles. The van der Waals surface area contributed by atoms with Crippen LogP contribution in [-0.2, 0) is 6.54 Å². The molecule has 20 heavy (non-hydrogen) atoms. The maximum atomic E-state index is 12.5. The standard InChI is InChI=1S/C14H14N4OS/c1-9-15-7-10(20-9)8-18(2)14(19)13-11-5-3-4-6-12(11)16-17-13/h3-7H,8H2,1-2H3,(H,16,17). The molecule has 0 aliphatic heterocycles. The SMILES string of the molecule is Cc1ncc(CN(C)C(=O)c2n[nH]c3ccccc23)s1. The predicted molar refractivity (Wildman–Crippen MR) is 78.7 cm³/mol. The van der Waals surface area contributed by atoms with E-state index in [2.05, 4.69) is 15.2 Å². The van der Waals surface area contributed by atoms with Gasteiger partial charge in [-0.15, -0.1) is 11.3 Å². The number of amides is 1. The zero-order chi connectivity index (χ0) is 14.1. The van der Waals surface area contributed by atoms with Crippen LogP contribution in [0.15, 0.2) is 30.5 Å². The van der Waals surface area contributed by atoms with Crippen LogP contribution in [0.2, 0.25) is 0 Å². The Balaban J connectivity index is 1.84. The average Bonchev–Trinajstić information content (AvgIpc) is 3.04. The fourth-order valence-corrected chi connectivity index (χ4v) is 2.94. The molecule has 1 amide bonds. The molecule has 1 N–H and O–H groups in total. The molecule has 0 saturated heterocycles. The Kier molecular flexibility index (Phi) is 3.23. The van der Waals surface area contributed by atoms with Crippen molar-refractivity contribution in [2.24, 2.45) is 0 Å². The largest absolute Gasteiger partial charge is 0.335 e. The second kappa shape index (κ2) is 5.05. The second-order valence-electron chi connectivity index (χ2n) is 4.62. The van der Waals surface area contributed by atoms with Crippen LogP contribution in [0, 0.1) is 6.92 Å². The first-order valence-corrected chi connectivity index (χ1v) is 7.06. The van der Waals surface area contributed by atoms with Gasteiger partial charge in [-0.1, -0.05) is 18.2 Å². The number of aryl methyl sites for hydroxylation is 1. The molecule has 6 heteroatoms. The number of H-pyrrole nitrogens is 1. The van der Waals surface area contributed by atoms with Gasteiger partial charge in [0.2, 0.25) is 0 Å². The number of rotatable bonds is 3. The summed E-state index contributed by atoms with van der Waals surface area (Å²) in [4.78, 5) is 19.4. The van der Waals surface area contributed by atoms with E-state index in [9.17, 15) is 4.79 Å². The number of aromatic nitrogens is 3. The molecule has 2 heterocycles. The zero-order valence-corrected chi connectivity index (χ0v) is 12.1. The zero-order valence-electron chi connectivity index (χ0n) is 11.3. The van der Waals surface area contributed by atoms with E-state index in [1.165, 1.54) is 0 Å². The Morgan fingerprint density at radius 3 is 2.95 bits per heavy atom. The number of thiazole rings is 1. The molecule has 0 aliphatic rings. The monoisotopic (exact) mass is 286 g/mol. The van der Waals surface area contributed by atoms with Crippen LogP contribution >= 0.6 is 11.3 Å². The van der Waals surface area contributed by atoms with E-state index < -0.39 is 0 Å². The van der Waals surface area contributed by atoms with Gasteiger partial charge in [-0.05, 0) is 13.0 Å². The third kappa shape index (κ3) is 2.30. The van der Waals surface area contributed by atoms with Gasteiger partial charge >= 0.3 is 0 Å². The molecule has 102 valence electrons. The molecular formula is C14H14N4OS. The van der Waals surface area contributed by atoms with Gasteiger partial charge in [0.1, 0.15) is 0 Å². The van der Waals surface area contributed by atoms with E-state index in [0.29, 0.717) is 12.2 Å². The van der Waals surface area contributed by atoms with Gasteiger partial charge in [0.05, 0.1) is 17.1 Å². The first-order valence-electron chi connectivity index (χ1n) is 6.25. The summed E-state index contributed by atoms with van der Waals surface area (Å²) in [7, 11) is 1.78. The fraction of sp³-hybridized carbons (Fsp3) is 0.214. The normalized spacial score (nSPS) is 10.9. The highest BCUT2D eigenvalue weighted by molar-refractivity contribution is 7.11. The Bertz CT molecular complexity index is 761. The van der Waals surface area contributed by atoms with E-state index in [1.807, 2.05) is 37.4 Å². The third-order valence-electron chi connectivity index (χ3n) is 3.08. The van der Waals surface area contributed by atoms with E-state index in [-0.39, 0.29) is 5.91 Å². The fourth-order valence-electron chi connectivity index (χ4n) is 2.09. The van der Waals surface area contributed by atoms with Crippen molar-refractivity contribution in [2.45, 2.75) is 13.5 Å². The van der Waals surface area contributed by atoms with Crippen LogP contribution in [0.5, 0.6) is 0 Å². The number of nitrogens with one attached hydrogen (secondary N) is 1. The first-order chi connectivity index (χ1) is 9.65. The topological polar surface area (TPSA) is 61.9 Å². The van der Waals surface area contributed by atoms with Crippen molar-refractivity contribution in [2.75, 3.05) is 7.05 Å². The molecule has 0 unspecified atom stereocenters. The van der Waals surface area contributed by atoms with E-state index in [0.717, 1.165) is 20.8 Å². The molecule has 0 saturated carbocycles. The summed E-state index contributed by atoms with van der Waals surface area (Å²) in [6.45, 7) is 2.50. The molecule has 0 atom stereocenters. The molecule has 2 aromatic heterocycles. The van der Waals surface area contributed by atoms with Gasteiger partial charge in [-0.25, -0.2) is 4.98 Å². The van der Waals surface area contributed by atoms with Crippen LogP contribution in [0.4, 0.5) is 0 Å². The lowest BCUT2D eigenvalue weighted by molar-refractivity contribution is 0.0782. The van der Waals surface area contributed by atoms with Crippen LogP contribution in [-0.4, -0.2) is 33.0 Å². The number of carbonyl (C=O) groups is 1. The maximum Gasteiger partial charge on any atom is 0.275 e. The Hall–Kier alpha value is -2.21. The Labute approximate surface area is 120 Å². The number of para-hydroxylation sites is 1. The Morgan fingerprint density at radius 1 is 1.40 bits per heavy atom. The van der Waals surface area contributed by atoms with Crippen molar-refractivity contribution in [3.05, 3.63) is 46.0 Å². The van der Waals surface area contributed by atoms with Gasteiger partial charge in [-0.2, -0.15) is 5.10 Å². The van der Waals surface area contributed by atoms with E-state index >= 15 is 0 Å². The lowest BCUT2D eigenvalue weighted by atomic mass is 10.2. The summed E-state index contributed by atoms with van der Waals surface area (Å²) < 4.78 is 0. The number of carbonyl (C=O) groups excluding carboxylic acids is 1. The van der Waals surface area contributed by atoms with Crippen LogP contribution in [0.25, 0.3) is 10.9 Å². The molecule has 0 fully saturated rings. The maximum absolute atomic E-state index is 12.5. The summed E-state index contributed by atoms with van der Waals surface area (Å²) >= 11 is 1.60. The second-order valence-corrected chi connectivity index (χ2v) is 5.94. The number of hydrogen-bond donors (Lipinski definition) is 1. The predicted octanol–water partition coefficient (Wildman–Crippen LogP) is 2.60. The van der Waals surface area contributed by atoms with Gasteiger partial charge in [0.15, 0.2) is 5.69 Å². The van der Waals surface area contributed by atoms with Gasteiger partial charge in [0.25, 0.3) is 5.91 Å². The summed E-state index contributed by atoms with van der Waals surface area (Å²) in [5, 5.41) is 8.88. The van der Waals surface area contributed by atoms with E-state index in [4.69, 9.17) is 0 Å². The van der Waals surface area contributed by atoms with Crippen molar-refractivity contribution < 1.29 is 4.79 Å². The first kappa shape index (κ1) is 12.8. The van der Waals surface area contributed by atoms with Crippen LogP contribution < -0.4 is 0 Å². The highest BCUT2D eigenvalue weighted by Crippen LogP contribution is 2.18. The van der Waals surface area contributed by atoms with Gasteiger partial charge < -0.3 is 4.90 Å². The minimum atomic E-state index is -0.0893. The average molecular weight is 286 g/mol. The molecule has 0 bridgehead atoms. The van der Waals surface area contributed by atoms with Crippen molar-refractivity contribution in [3.63, 3.8) is 0 Å². The third-order valence-corrected chi connectivity index (χ3v) is 3.98. The minimum absolute atomic E-state index is 0.0893. The number of fused-ring (bicyclic) bond motifs is 1. The molecule has 3 aromatic rings. The lowest BCUT2D eigenvalue weighted by Crippen LogP contribution is -2.26. The van der Waals surface area contributed by atoms with Crippen molar-refractivity contribution in [1.29, 1.82) is 0 Å². The molecular weight excluding hydrogens is 272 g/mol. The van der Waals surface area contributed by atoms with Gasteiger partial charge in [0, 0.05) is 23.5 Å². The van der Waals surface area contributed by atoms with Crippen molar-refractivity contribution >= 4 is 28.1 Å². The number of aromatic amines is 1. The van der Waals surface area contributed by atoms with Crippen LogP contribution in [0.3, 0.4) is 0 Å². The number of hydrogen-bond acceptors (Lipinski definition) is 4. The van der Waals surface area contributed by atoms with E-state index in [1.54, 1.807) is 23.3 Å². The number of benzene rings is 1.